The van der Waals surface area contributed by atoms with Crippen LogP contribution in [0.4, 0.5) is 0 Å². The fourth-order valence-corrected chi connectivity index (χ4v) is 4.84. The van der Waals surface area contributed by atoms with E-state index < -0.39 is 12.1 Å². The van der Waals surface area contributed by atoms with E-state index in [-0.39, 0.29) is 25.6 Å². The summed E-state index contributed by atoms with van der Waals surface area (Å²) in [7, 11) is 0. The van der Waals surface area contributed by atoms with Crippen molar-refractivity contribution < 1.29 is 24.2 Å². The number of aliphatic hydroxyl groups is 1. The zero-order chi connectivity index (χ0) is 36.4. The lowest BCUT2D eigenvalue weighted by Gasteiger charge is -2.15. The van der Waals surface area contributed by atoms with Crippen LogP contribution < -0.4 is 0 Å². The van der Waals surface area contributed by atoms with Gasteiger partial charge in [-0.15, -0.1) is 0 Å². The second-order valence-electron chi connectivity index (χ2n) is 12.6. The van der Waals surface area contributed by atoms with E-state index in [4.69, 9.17) is 9.47 Å². The average molecular weight is 693 g/mol. The Morgan fingerprint density at radius 3 is 1.32 bits per heavy atom. The van der Waals surface area contributed by atoms with Crippen LogP contribution in [0.5, 0.6) is 0 Å². The van der Waals surface area contributed by atoms with E-state index in [1.54, 1.807) is 0 Å². The van der Waals surface area contributed by atoms with Crippen molar-refractivity contribution in [3.05, 3.63) is 97.2 Å². The molecule has 0 aromatic rings. The first-order valence-electron chi connectivity index (χ1n) is 19.8. The van der Waals surface area contributed by atoms with Gasteiger partial charge < -0.3 is 14.6 Å². The molecule has 5 nitrogen and oxygen atoms in total. The lowest BCUT2D eigenvalue weighted by atomic mass is 10.1. The Morgan fingerprint density at radius 1 is 0.460 bits per heavy atom. The molecule has 5 heteroatoms. The molecule has 0 radical (unpaired) electrons. The summed E-state index contributed by atoms with van der Waals surface area (Å²) in [5, 5.41) is 9.54. The monoisotopic (exact) mass is 693 g/mol. The number of aliphatic hydroxyl groups excluding tert-OH is 1. The number of hydrogen-bond donors (Lipinski definition) is 1. The summed E-state index contributed by atoms with van der Waals surface area (Å²) in [5.41, 5.74) is 0. The second-order valence-corrected chi connectivity index (χ2v) is 12.6. The fourth-order valence-electron chi connectivity index (χ4n) is 4.84. The molecule has 0 rings (SSSR count). The minimum atomic E-state index is -0.837. The van der Waals surface area contributed by atoms with Crippen LogP contribution in [0.3, 0.4) is 0 Å². The van der Waals surface area contributed by atoms with Gasteiger partial charge in [-0.05, 0) is 83.5 Å². The zero-order valence-electron chi connectivity index (χ0n) is 31.9. The predicted molar refractivity (Wildman–Crippen MR) is 214 cm³/mol. The number of unbranched alkanes of at least 4 members (excludes halogenated alkanes) is 10. The van der Waals surface area contributed by atoms with Crippen molar-refractivity contribution in [1.82, 2.24) is 0 Å². The standard InChI is InChI=1S/C45H72O5/c1-3-5-7-9-11-13-15-17-19-21-22-24-26-28-30-32-34-36-38-40-45(48)50-43(41-46)42-49-44(47)39-37-35-33-31-29-27-25-23-20-18-16-14-12-10-8-6-4-2/h11,13,17-20,22,24-25,27-28,30-31,33-34,36,43,46H,3-10,12,14-16,21,23,26,29,32,35,37-42H2,1-2H3/t43-/m0/s1. The van der Waals surface area contributed by atoms with E-state index in [1.807, 2.05) is 12.2 Å². The molecule has 0 spiro atoms. The lowest BCUT2D eigenvalue weighted by molar-refractivity contribution is -0.161. The van der Waals surface area contributed by atoms with Crippen LogP contribution in [0.2, 0.25) is 0 Å². The SMILES string of the molecule is CCCCCC=CCC=CCC=CCC=CCC=CCCC(=O)O[C@@H](CO)COC(=O)CCCC=CCC=CCC=CCCCCCCCC. The van der Waals surface area contributed by atoms with Crippen molar-refractivity contribution in [3.8, 4) is 0 Å². The van der Waals surface area contributed by atoms with Gasteiger partial charge in [0.2, 0.25) is 0 Å². The normalized spacial score (nSPS) is 13.3. The maximum atomic E-state index is 12.1. The molecule has 1 N–H and O–H groups in total. The number of esters is 2. The highest BCUT2D eigenvalue weighted by atomic mass is 16.6. The van der Waals surface area contributed by atoms with E-state index in [1.165, 1.54) is 70.6 Å². The molecule has 0 aliphatic heterocycles. The molecule has 0 aliphatic rings. The van der Waals surface area contributed by atoms with Gasteiger partial charge in [0, 0.05) is 12.8 Å². The van der Waals surface area contributed by atoms with Gasteiger partial charge in [0.15, 0.2) is 6.10 Å². The number of hydrogen-bond acceptors (Lipinski definition) is 5. The molecule has 0 bridgehead atoms. The number of rotatable bonds is 34. The first-order chi connectivity index (χ1) is 24.6. The van der Waals surface area contributed by atoms with Crippen molar-refractivity contribution >= 4 is 11.9 Å². The van der Waals surface area contributed by atoms with Crippen molar-refractivity contribution in [2.24, 2.45) is 0 Å². The highest BCUT2D eigenvalue weighted by Crippen LogP contribution is 2.08. The number of carbonyl (C=O) groups excluding carboxylic acids is 2. The Bertz CT molecular complexity index is 1010. The van der Waals surface area contributed by atoms with E-state index in [9.17, 15) is 14.7 Å². The Morgan fingerprint density at radius 2 is 0.840 bits per heavy atom. The van der Waals surface area contributed by atoms with Gasteiger partial charge >= 0.3 is 11.9 Å². The smallest absolute Gasteiger partial charge is 0.306 e. The average Bonchev–Trinajstić information content (AvgIpc) is 3.12. The van der Waals surface area contributed by atoms with Gasteiger partial charge in [-0.3, -0.25) is 9.59 Å². The fraction of sp³-hybridized carbons (Fsp3) is 0.600. The van der Waals surface area contributed by atoms with Gasteiger partial charge in [0.05, 0.1) is 6.61 Å². The molecule has 50 heavy (non-hydrogen) atoms. The predicted octanol–water partition coefficient (Wildman–Crippen LogP) is 12.5. The number of ether oxygens (including phenoxy) is 2. The molecule has 0 aromatic heterocycles. The Labute approximate surface area is 307 Å². The topological polar surface area (TPSA) is 72.8 Å². The molecule has 0 fully saturated rings. The summed E-state index contributed by atoms with van der Waals surface area (Å²) in [6, 6.07) is 0. The van der Waals surface area contributed by atoms with Crippen LogP contribution in [0.15, 0.2) is 97.2 Å². The summed E-state index contributed by atoms with van der Waals surface area (Å²) in [4.78, 5) is 24.2. The minimum Gasteiger partial charge on any atom is -0.462 e. The maximum Gasteiger partial charge on any atom is 0.306 e. The second kappa shape index (κ2) is 40.3. The van der Waals surface area contributed by atoms with Gasteiger partial charge in [-0.1, -0.05) is 156 Å². The Kier molecular flexibility index (Phi) is 37.7. The van der Waals surface area contributed by atoms with Crippen molar-refractivity contribution in [1.29, 1.82) is 0 Å². The lowest BCUT2D eigenvalue weighted by Crippen LogP contribution is -2.28. The van der Waals surface area contributed by atoms with Gasteiger partial charge in [0.25, 0.3) is 0 Å². The minimum absolute atomic E-state index is 0.128. The van der Waals surface area contributed by atoms with Gasteiger partial charge in [0.1, 0.15) is 6.61 Å². The molecule has 0 heterocycles. The summed E-state index contributed by atoms with van der Waals surface area (Å²) >= 11 is 0. The first kappa shape index (κ1) is 46.8. The van der Waals surface area contributed by atoms with Crippen LogP contribution in [0, 0.1) is 0 Å². The quantitative estimate of drug-likeness (QED) is 0.0413. The summed E-state index contributed by atoms with van der Waals surface area (Å²) < 4.78 is 10.5. The van der Waals surface area contributed by atoms with Crippen LogP contribution >= 0.6 is 0 Å². The molecule has 0 amide bonds. The molecule has 0 unspecified atom stereocenters. The molecule has 0 saturated heterocycles. The van der Waals surface area contributed by atoms with E-state index >= 15 is 0 Å². The largest absolute Gasteiger partial charge is 0.462 e. The maximum absolute atomic E-state index is 12.1. The number of allylic oxidation sites excluding steroid dienone is 16. The van der Waals surface area contributed by atoms with Crippen LogP contribution in [-0.4, -0.2) is 36.4 Å². The van der Waals surface area contributed by atoms with Crippen molar-refractivity contribution in [3.63, 3.8) is 0 Å². The van der Waals surface area contributed by atoms with Gasteiger partial charge in [-0.2, -0.15) is 0 Å². The third kappa shape index (κ3) is 37.6. The van der Waals surface area contributed by atoms with Crippen LogP contribution in [0.25, 0.3) is 0 Å². The molecule has 282 valence electrons. The van der Waals surface area contributed by atoms with Crippen molar-refractivity contribution in [2.45, 2.75) is 161 Å². The summed E-state index contributed by atoms with van der Waals surface area (Å²) in [5.74, 6) is -0.758. The number of carbonyl (C=O) groups is 2. The highest BCUT2D eigenvalue weighted by molar-refractivity contribution is 5.70. The zero-order valence-corrected chi connectivity index (χ0v) is 31.9. The van der Waals surface area contributed by atoms with Crippen molar-refractivity contribution in [2.75, 3.05) is 13.2 Å². The molecular formula is C45H72O5. The molecule has 1 atom stereocenters. The molecule has 0 aliphatic carbocycles. The van der Waals surface area contributed by atoms with Crippen LogP contribution in [0.1, 0.15) is 155 Å². The molecular weight excluding hydrogens is 620 g/mol. The first-order valence-corrected chi connectivity index (χ1v) is 19.8. The van der Waals surface area contributed by atoms with Crippen LogP contribution in [-0.2, 0) is 19.1 Å². The summed E-state index contributed by atoms with van der Waals surface area (Å²) in [6.07, 6.45) is 56.2. The van der Waals surface area contributed by atoms with E-state index in [0.717, 1.165) is 44.9 Å². The Hall–Kier alpha value is -3.18. The van der Waals surface area contributed by atoms with E-state index in [2.05, 4.69) is 98.9 Å². The Balaban J connectivity index is 3.81. The van der Waals surface area contributed by atoms with Gasteiger partial charge in [-0.25, -0.2) is 0 Å². The third-order valence-corrected chi connectivity index (χ3v) is 7.86. The molecule has 0 aromatic carbocycles. The third-order valence-electron chi connectivity index (χ3n) is 7.86. The summed E-state index contributed by atoms with van der Waals surface area (Å²) in [6.45, 7) is 3.97. The highest BCUT2D eigenvalue weighted by Gasteiger charge is 2.15. The van der Waals surface area contributed by atoms with E-state index in [0.29, 0.717) is 19.3 Å². The molecule has 0 saturated carbocycles.